The highest BCUT2D eigenvalue weighted by molar-refractivity contribution is 7.19. The molecule has 0 aliphatic heterocycles. The van der Waals surface area contributed by atoms with Crippen LogP contribution in [0.1, 0.15) is 15.4 Å². The Morgan fingerprint density at radius 3 is 3.00 bits per heavy atom. The predicted molar refractivity (Wildman–Crippen MR) is 54.5 cm³/mol. The van der Waals surface area contributed by atoms with Crippen molar-refractivity contribution >= 4 is 27.3 Å². The number of carbonyl (C=O) groups excluding carboxylic acids is 1. The van der Waals surface area contributed by atoms with E-state index in [0.717, 1.165) is 11.3 Å². The number of hydrogen-bond donors (Lipinski definition) is 2. The molecule has 0 bridgehead atoms. The number of carbonyl (C=O) groups is 1. The summed E-state index contributed by atoms with van der Waals surface area (Å²) in [4.78, 5) is 15.1. The van der Waals surface area contributed by atoms with Gasteiger partial charge in [-0.15, -0.1) is 11.3 Å². The molecule has 2 heterocycles. The van der Waals surface area contributed by atoms with Crippen LogP contribution in [0.15, 0.2) is 12.3 Å². The fourth-order valence-corrected chi connectivity index (χ4v) is 2.10. The van der Waals surface area contributed by atoms with Gasteiger partial charge in [0.25, 0.3) is 5.91 Å². The summed E-state index contributed by atoms with van der Waals surface area (Å²) in [5.41, 5.74) is 4.85. The Labute approximate surface area is 88.4 Å². The fourth-order valence-electron chi connectivity index (χ4n) is 1.22. The van der Waals surface area contributed by atoms with Crippen molar-refractivity contribution in [1.82, 2.24) is 4.98 Å². The Morgan fingerprint density at radius 1 is 1.67 bits per heavy atom. The largest absolute Gasteiger partial charge is 0.504 e. The standard InChI is InChI=1S/C9H5N3O2S/c10-2-5-1-4-3-12-6(9(11)14)7(13)8(4)15-5/h1,3,13H,(H2,11,14). The van der Waals surface area contributed by atoms with Gasteiger partial charge in [0.1, 0.15) is 10.9 Å². The molecule has 0 spiro atoms. The van der Waals surface area contributed by atoms with Crippen LogP contribution in [0.25, 0.3) is 10.1 Å². The van der Waals surface area contributed by atoms with Crippen molar-refractivity contribution in [2.24, 2.45) is 5.73 Å². The van der Waals surface area contributed by atoms with Gasteiger partial charge in [-0.3, -0.25) is 4.79 Å². The van der Waals surface area contributed by atoms with E-state index in [1.165, 1.54) is 6.20 Å². The second kappa shape index (κ2) is 3.22. The normalized spacial score (nSPS) is 10.1. The van der Waals surface area contributed by atoms with Crippen LogP contribution < -0.4 is 5.73 Å². The average molecular weight is 219 g/mol. The van der Waals surface area contributed by atoms with Gasteiger partial charge in [-0.05, 0) is 6.07 Å². The van der Waals surface area contributed by atoms with Gasteiger partial charge in [0.15, 0.2) is 11.4 Å². The van der Waals surface area contributed by atoms with Crippen molar-refractivity contribution in [3.05, 3.63) is 22.8 Å². The Morgan fingerprint density at radius 2 is 2.40 bits per heavy atom. The molecule has 2 aromatic heterocycles. The SMILES string of the molecule is N#Cc1cc2cnc(C(N)=O)c(O)c2s1. The Hall–Kier alpha value is -2.13. The summed E-state index contributed by atoms with van der Waals surface area (Å²) in [6.45, 7) is 0. The maximum absolute atomic E-state index is 10.9. The quantitative estimate of drug-likeness (QED) is 0.746. The molecule has 2 rings (SSSR count). The number of primary amides is 1. The van der Waals surface area contributed by atoms with Crippen molar-refractivity contribution in [2.75, 3.05) is 0 Å². The van der Waals surface area contributed by atoms with E-state index in [9.17, 15) is 9.90 Å². The van der Waals surface area contributed by atoms with Gasteiger partial charge in [0.2, 0.25) is 0 Å². The molecule has 74 valence electrons. The van der Waals surface area contributed by atoms with E-state index < -0.39 is 5.91 Å². The molecular weight excluding hydrogens is 214 g/mol. The summed E-state index contributed by atoms with van der Waals surface area (Å²) in [6.07, 6.45) is 1.41. The molecule has 3 N–H and O–H groups in total. The van der Waals surface area contributed by atoms with E-state index >= 15 is 0 Å². The lowest BCUT2D eigenvalue weighted by atomic mass is 10.2. The van der Waals surface area contributed by atoms with Crippen LogP contribution >= 0.6 is 11.3 Å². The summed E-state index contributed by atoms with van der Waals surface area (Å²) in [5, 5.41) is 19.0. The zero-order valence-electron chi connectivity index (χ0n) is 7.39. The molecule has 0 saturated heterocycles. The summed E-state index contributed by atoms with van der Waals surface area (Å²) in [7, 11) is 0. The molecule has 0 aromatic carbocycles. The van der Waals surface area contributed by atoms with Gasteiger partial charge in [-0.1, -0.05) is 0 Å². The Kier molecular flexibility index (Phi) is 2.02. The van der Waals surface area contributed by atoms with Crippen LogP contribution in [0.2, 0.25) is 0 Å². The van der Waals surface area contributed by atoms with E-state index in [1.807, 2.05) is 6.07 Å². The van der Waals surface area contributed by atoms with Crippen molar-refractivity contribution in [3.63, 3.8) is 0 Å². The third kappa shape index (κ3) is 1.39. The minimum atomic E-state index is -0.790. The average Bonchev–Trinajstić information content (AvgIpc) is 2.61. The van der Waals surface area contributed by atoms with Crippen LogP contribution in [0.3, 0.4) is 0 Å². The number of nitriles is 1. The molecule has 15 heavy (non-hydrogen) atoms. The molecule has 6 heteroatoms. The molecule has 0 radical (unpaired) electrons. The molecule has 0 aliphatic carbocycles. The lowest BCUT2D eigenvalue weighted by molar-refractivity contribution is 0.0993. The van der Waals surface area contributed by atoms with E-state index in [2.05, 4.69) is 4.98 Å². The summed E-state index contributed by atoms with van der Waals surface area (Å²) < 4.78 is 0.454. The fraction of sp³-hybridized carbons (Fsp3) is 0. The first-order chi connectivity index (χ1) is 7.13. The third-order valence-corrected chi connectivity index (χ3v) is 2.94. The van der Waals surface area contributed by atoms with E-state index in [4.69, 9.17) is 11.0 Å². The Bertz CT molecular complexity index is 597. The van der Waals surface area contributed by atoms with Gasteiger partial charge < -0.3 is 10.8 Å². The van der Waals surface area contributed by atoms with Gasteiger partial charge >= 0.3 is 0 Å². The number of thiophene rings is 1. The van der Waals surface area contributed by atoms with Crippen molar-refractivity contribution in [2.45, 2.75) is 0 Å². The van der Waals surface area contributed by atoms with Gasteiger partial charge in [-0.2, -0.15) is 5.26 Å². The summed E-state index contributed by atoms with van der Waals surface area (Å²) >= 11 is 1.10. The monoisotopic (exact) mass is 219 g/mol. The molecule has 0 aliphatic rings. The first kappa shape index (κ1) is 9.43. The number of aromatic nitrogens is 1. The van der Waals surface area contributed by atoms with Gasteiger partial charge in [0.05, 0.1) is 4.70 Å². The Balaban J connectivity index is 2.79. The molecule has 1 amide bonds. The van der Waals surface area contributed by atoms with Crippen LogP contribution in [-0.2, 0) is 0 Å². The third-order valence-electron chi connectivity index (χ3n) is 1.88. The molecule has 0 saturated carbocycles. The lowest BCUT2D eigenvalue weighted by Crippen LogP contribution is -2.12. The zero-order chi connectivity index (χ0) is 11.0. The van der Waals surface area contributed by atoms with Crippen molar-refractivity contribution < 1.29 is 9.90 Å². The minimum absolute atomic E-state index is 0.172. The topological polar surface area (TPSA) is 100 Å². The molecule has 0 unspecified atom stereocenters. The number of nitrogens with zero attached hydrogens (tertiary/aromatic N) is 2. The number of fused-ring (bicyclic) bond motifs is 1. The summed E-state index contributed by atoms with van der Waals surface area (Å²) in [6, 6.07) is 3.55. The van der Waals surface area contributed by atoms with Crippen molar-refractivity contribution in [1.29, 1.82) is 5.26 Å². The number of pyridine rings is 1. The number of rotatable bonds is 1. The molecule has 2 aromatic rings. The van der Waals surface area contributed by atoms with Gasteiger partial charge in [-0.25, -0.2) is 4.98 Å². The van der Waals surface area contributed by atoms with E-state index in [-0.39, 0.29) is 11.4 Å². The van der Waals surface area contributed by atoms with Crippen LogP contribution in [0.4, 0.5) is 0 Å². The highest BCUT2D eigenvalue weighted by atomic mass is 32.1. The highest BCUT2D eigenvalue weighted by Crippen LogP contribution is 2.33. The van der Waals surface area contributed by atoms with Gasteiger partial charge in [0, 0.05) is 11.6 Å². The molecule has 0 fully saturated rings. The van der Waals surface area contributed by atoms with Crippen LogP contribution in [-0.4, -0.2) is 16.0 Å². The number of hydrogen-bond acceptors (Lipinski definition) is 5. The van der Waals surface area contributed by atoms with Crippen molar-refractivity contribution in [3.8, 4) is 11.8 Å². The highest BCUT2D eigenvalue weighted by Gasteiger charge is 2.14. The number of aromatic hydroxyl groups is 1. The zero-order valence-corrected chi connectivity index (χ0v) is 8.21. The first-order valence-electron chi connectivity index (χ1n) is 3.95. The maximum atomic E-state index is 10.9. The number of amides is 1. The predicted octanol–water partition coefficient (Wildman–Crippen LogP) is 0.972. The molecule has 5 nitrogen and oxygen atoms in total. The second-order valence-corrected chi connectivity index (χ2v) is 3.88. The minimum Gasteiger partial charge on any atom is -0.504 e. The molecule has 0 atom stereocenters. The summed E-state index contributed by atoms with van der Waals surface area (Å²) in [5.74, 6) is -1.05. The maximum Gasteiger partial charge on any atom is 0.271 e. The smallest absolute Gasteiger partial charge is 0.271 e. The second-order valence-electron chi connectivity index (χ2n) is 2.83. The molecular formula is C9H5N3O2S. The first-order valence-corrected chi connectivity index (χ1v) is 4.76. The lowest BCUT2D eigenvalue weighted by Gasteiger charge is -1.98. The van der Waals surface area contributed by atoms with E-state index in [0.29, 0.717) is 15.0 Å². The van der Waals surface area contributed by atoms with Crippen LogP contribution in [0, 0.1) is 11.3 Å². The van der Waals surface area contributed by atoms with E-state index in [1.54, 1.807) is 6.07 Å². The number of nitrogens with two attached hydrogens (primary N) is 1. The van der Waals surface area contributed by atoms with Crippen LogP contribution in [0.5, 0.6) is 5.75 Å².